The second kappa shape index (κ2) is 6.55. The second-order valence-electron chi connectivity index (χ2n) is 4.49. The van der Waals surface area contributed by atoms with E-state index in [1.807, 2.05) is 13.0 Å². The van der Waals surface area contributed by atoms with Crippen LogP contribution in [0, 0.1) is 5.82 Å². The highest BCUT2D eigenvalue weighted by Crippen LogP contribution is 2.33. The first-order valence-corrected chi connectivity index (χ1v) is 7.63. The van der Waals surface area contributed by atoms with E-state index in [0.29, 0.717) is 0 Å². The number of halogens is 2. The predicted molar refractivity (Wildman–Crippen MR) is 82.0 cm³/mol. The van der Waals surface area contributed by atoms with Gasteiger partial charge in [-0.2, -0.15) is 0 Å². The van der Waals surface area contributed by atoms with E-state index in [9.17, 15) is 4.39 Å². The third-order valence-electron chi connectivity index (χ3n) is 2.61. The van der Waals surface area contributed by atoms with Crippen molar-refractivity contribution in [3.05, 3.63) is 58.3 Å². The fourth-order valence-corrected chi connectivity index (χ4v) is 3.28. The number of rotatable bonds is 4. The Balaban J connectivity index is 2.27. The number of benzene rings is 2. The molecule has 2 aromatic carbocycles. The van der Waals surface area contributed by atoms with Crippen molar-refractivity contribution in [2.75, 3.05) is 0 Å². The van der Waals surface area contributed by atoms with Gasteiger partial charge in [-0.25, -0.2) is 4.39 Å². The molecule has 0 fully saturated rings. The zero-order chi connectivity index (χ0) is 13.8. The minimum atomic E-state index is -0.214. The molecule has 0 aliphatic carbocycles. The normalized spacial score (nSPS) is 12.4. The Hall–Kier alpha value is -0.840. The molecule has 4 heteroatoms. The van der Waals surface area contributed by atoms with Gasteiger partial charge in [-0.05, 0) is 55.3 Å². The molecule has 0 bridgehead atoms. The van der Waals surface area contributed by atoms with Crippen LogP contribution in [0.15, 0.2) is 56.7 Å². The van der Waals surface area contributed by atoms with Crippen molar-refractivity contribution in [1.82, 2.24) is 0 Å². The van der Waals surface area contributed by atoms with Gasteiger partial charge in [0.25, 0.3) is 0 Å². The summed E-state index contributed by atoms with van der Waals surface area (Å²) in [4.78, 5) is 2.17. The third kappa shape index (κ3) is 4.34. The lowest BCUT2D eigenvalue weighted by molar-refractivity contribution is 0.626. The van der Waals surface area contributed by atoms with E-state index in [4.69, 9.17) is 5.73 Å². The molecule has 0 heterocycles. The standard InChI is InChI=1S/C15H15BrFNS/c1-10(18)8-11-2-3-12(16)9-15(11)19-14-6-4-13(17)5-7-14/h2-7,9-10H,8,18H2,1H3. The van der Waals surface area contributed by atoms with Crippen molar-refractivity contribution in [2.45, 2.75) is 29.2 Å². The van der Waals surface area contributed by atoms with Crippen molar-refractivity contribution in [1.29, 1.82) is 0 Å². The molecule has 100 valence electrons. The predicted octanol–water partition coefficient (Wildman–Crippen LogP) is 4.63. The van der Waals surface area contributed by atoms with Crippen LogP contribution in [0.5, 0.6) is 0 Å². The SMILES string of the molecule is CC(N)Cc1ccc(Br)cc1Sc1ccc(F)cc1. The molecule has 1 atom stereocenters. The van der Waals surface area contributed by atoms with Crippen LogP contribution in [0.3, 0.4) is 0 Å². The highest BCUT2D eigenvalue weighted by molar-refractivity contribution is 9.10. The molecule has 19 heavy (non-hydrogen) atoms. The largest absolute Gasteiger partial charge is 0.328 e. The molecule has 0 aromatic heterocycles. The van der Waals surface area contributed by atoms with Crippen molar-refractivity contribution >= 4 is 27.7 Å². The van der Waals surface area contributed by atoms with E-state index in [-0.39, 0.29) is 11.9 Å². The fraction of sp³-hybridized carbons (Fsp3) is 0.200. The zero-order valence-corrected chi connectivity index (χ0v) is 13.0. The molecular formula is C15H15BrFNS. The first-order chi connectivity index (χ1) is 9.04. The average molecular weight is 340 g/mol. The molecule has 0 aliphatic heterocycles. The monoisotopic (exact) mass is 339 g/mol. The van der Waals surface area contributed by atoms with Gasteiger partial charge in [0.15, 0.2) is 0 Å². The summed E-state index contributed by atoms with van der Waals surface area (Å²) >= 11 is 5.11. The van der Waals surface area contributed by atoms with Gasteiger partial charge in [0, 0.05) is 20.3 Å². The van der Waals surface area contributed by atoms with Crippen LogP contribution in [0.4, 0.5) is 4.39 Å². The van der Waals surface area contributed by atoms with Crippen LogP contribution in [-0.2, 0) is 6.42 Å². The summed E-state index contributed by atoms with van der Waals surface area (Å²) in [6.07, 6.45) is 0.830. The maximum absolute atomic E-state index is 12.9. The molecule has 2 aromatic rings. The molecule has 0 spiro atoms. The van der Waals surface area contributed by atoms with E-state index in [1.54, 1.807) is 23.9 Å². The van der Waals surface area contributed by atoms with E-state index in [1.165, 1.54) is 17.7 Å². The number of hydrogen-bond donors (Lipinski definition) is 1. The van der Waals surface area contributed by atoms with Crippen molar-refractivity contribution in [3.63, 3.8) is 0 Å². The summed E-state index contributed by atoms with van der Waals surface area (Å²) in [5.41, 5.74) is 7.09. The van der Waals surface area contributed by atoms with Crippen LogP contribution in [0.2, 0.25) is 0 Å². The molecule has 0 radical (unpaired) electrons. The quantitative estimate of drug-likeness (QED) is 0.878. The van der Waals surface area contributed by atoms with Crippen LogP contribution in [-0.4, -0.2) is 6.04 Å². The summed E-state index contributed by atoms with van der Waals surface area (Å²) < 4.78 is 13.9. The van der Waals surface area contributed by atoms with Gasteiger partial charge in [0.2, 0.25) is 0 Å². The van der Waals surface area contributed by atoms with Crippen LogP contribution < -0.4 is 5.73 Å². The van der Waals surface area contributed by atoms with E-state index in [2.05, 4.69) is 28.1 Å². The van der Waals surface area contributed by atoms with E-state index in [0.717, 1.165) is 20.7 Å². The molecule has 0 saturated carbocycles. The Kier molecular flexibility index (Phi) is 5.02. The summed E-state index contributed by atoms with van der Waals surface area (Å²) in [5, 5.41) is 0. The minimum Gasteiger partial charge on any atom is -0.328 e. The summed E-state index contributed by atoms with van der Waals surface area (Å²) in [6, 6.07) is 12.8. The lowest BCUT2D eigenvalue weighted by atomic mass is 10.1. The Morgan fingerprint density at radius 2 is 1.89 bits per heavy atom. The van der Waals surface area contributed by atoms with Crippen LogP contribution in [0.1, 0.15) is 12.5 Å². The summed E-state index contributed by atoms with van der Waals surface area (Å²) in [7, 11) is 0. The maximum Gasteiger partial charge on any atom is 0.123 e. The van der Waals surface area contributed by atoms with Crippen LogP contribution in [0.25, 0.3) is 0 Å². The van der Waals surface area contributed by atoms with Gasteiger partial charge in [-0.3, -0.25) is 0 Å². The molecule has 0 aliphatic rings. The van der Waals surface area contributed by atoms with E-state index < -0.39 is 0 Å². The van der Waals surface area contributed by atoms with Crippen molar-refractivity contribution < 1.29 is 4.39 Å². The minimum absolute atomic E-state index is 0.119. The van der Waals surface area contributed by atoms with E-state index >= 15 is 0 Å². The summed E-state index contributed by atoms with van der Waals surface area (Å²) in [6.45, 7) is 1.99. The van der Waals surface area contributed by atoms with Crippen LogP contribution >= 0.6 is 27.7 Å². The molecule has 1 nitrogen and oxygen atoms in total. The zero-order valence-electron chi connectivity index (χ0n) is 10.6. The maximum atomic E-state index is 12.9. The Morgan fingerprint density at radius 3 is 2.53 bits per heavy atom. The highest BCUT2D eigenvalue weighted by atomic mass is 79.9. The van der Waals surface area contributed by atoms with Gasteiger partial charge < -0.3 is 5.73 Å². The summed E-state index contributed by atoms with van der Waals surface area (Å²) in [5.74, 6) is -0.214. The smallest absolute Gasteiger partial charge is 0.123 e. The molecule has 0 saturated heterocycles. The molecule has 1 unspecified atom stereocenters. The molecule has 0 amide bonds. The van der Waals surface area contributed by atoms with Gasteiger partial charge in [0.1, 0.15) is 5.82 Å². The first-order valence-electron chi connectivity index (χ1n) is 6.02. The Morgan fingerprint density at radius 1 is 1.21 bits per heavy atom. The molecule has 2 N–H and O–H groups in total. The topological polar surface area (TPSA) is 26.0 Å². The van der Waals surface area contributed by atoms with Gasteiger partial charge in [-0.15, -0.1) is 0 Å². The Bertz CT molecular complexity index is 555. The highest BCUT2D eigenvalue weighted by Gasteiger charge is 2.08. The van der Waals surface area contributed by atoms with Gasteiger partial charge >= 0.3 is 0 Å². The average Bonchev–Trinajstić information content (AvgIpc) is 2.35. The van der Waals surface area contributed by atoms with Gasteiger partial charge in [-0.1, -0.05) is 33.8 Å². The lowest BCUT2D eigenvalue weighted by Gasteiger charge is -2.12. The second-order valence-corrected chi connectivity index (χ2v) is 6.52. The molecular weight excluding hydrogens is 325 g/mol. The lowest BCUT2D eigenvalue weighted by Crippen LogP contribution is -2.18. The van der Waals surface area contributed by atoms with Crippen molar-refractivity contribution in [3.8, 4) is 0 Å². The first kappa shape index (κ1) is 14.6. The van der Waals surface area contributed by atoms with Gasteiger partial charge in [0.05, 0.1) is 0 Å². The Labute approximate surface area is 125 Å². The molecule has 2 rings (SSSR count). The number of hydrogen-bond acceptors (Lipinski definition) is 2. The van der Waals surface area contributed by atoms with Crippen molar-refractivity contribution in [2.24, 2.45) is 5.73 Å². The number of nitrogens with two attached hydrogens (primary N) is 1. The third-order valence-corrected chi connectivity index (χ3v) is 4.21. The fourth-order valence-electron chi connectivity index (χ4n) is 1.77.